The molecular weight excluding hydrogens is 230 g/mol. The summed E-state index contributed by atoms with van der Waals surface area (Å²) in [6, 6.07) is 18.3. The summed E-state index contributed by atoms with van der Waals surface area (Å²) in [5.74, 6) is -0.303. The zero-order chi connectivity index (χ0) is 12.4. The summed E-state index contributed by atoms with van der Waals surface area (Å²) in [5.41, 5.74) is 1.42. The van der Waals surface area contributed by atoms with Crippen molar-refractivity contribution in [3.05, 3.63) is 71.8 Å². The van der Waals surface area contributed by atoms with Crippen molar-refractivity contribution in [1.82, 2.24) is 5.23 Å². The number of benzene rings is 2. The highest BCUT2D eigenvalue weighted by Crippen LogP contribution is 2.31. The molecule has 4 nitrogen and oxygen atoms in total. The first-order valence-electron chi connectivity index (χ1n) is 5.62. The molecule has 2 aromatic carbocycles. The van der Waals surface area contributed by atoms with E-state index in [2.05, 4.69) is 0 Å². The Morgan fingerprint density at radius 2 is 1.44 bits per heavy atom. The summed E-state index contributed by atoms with van der Waals surface area (Å²) < 4.78 is 0. The SMILES string of the molecule is O=C(c1ccccc1)N1OC(c2ccccc2)O1. The van der Waals surface area contributed by atoms with Crippen molar-refractivity contribution in [3.63, 3.8) is 0 Å². The first-order chi connectivity index (χ1) is 8.84. The number of hydroxylamine groups is 2. The minimum Gasteiger partial charge on any atom is -0.264 e. The molecule has 1 amide bonds. The average molecular weight is 241 g/mol. The number of carbonyl (C=O) groups is 1. The van der Waals surface area contributed by atoms with Crippen LogP contribution in [0.2, 0.25) is 0 Å². The zero-order valence-corrected chi connectivity index (χ0v) is 9.52. The Bertz CT molecular complexity index is 535. The summed E-state index contributed by atoms with van der Waals surface area (Å²) in [6.45, 7) is 0. The largest absolute Gasteiger partial charge is 0.304 e. The van der Waals surface area contributed by atoms with Gasteiger partial charge in [0.05, 0.1) is 0 Å². The Hall–Kier alpha value is -2.17. The first kappa shape index (κ1) is 11.0. The highest BCUT2D eigenvalue weighted by Gasteiger charge is 2.36. The van der Waals surface area contributed by atoms with Gasteiger partial charge in [0.2, 0.25) is 6.29 Å². The number of nitrogens with zero attached hydrogens (tertiary/aromatic N) is 1. The van der Waals surface area contributed by atoms with Crippen LogP contribution in [0.5, 0.6) is 0 Å². The van der Waals surface area contributed by atoms with Gasteiger partial charge >= 0.3 is 5.91 Å². The molecule has 18 heavy (non-hydrogen) atoms. The van der Waals surface area contributed by atoms with E-state index in [4.69, 9.17) is 9.68 Å². The van der Waals surface area contributed by atoms with Gasteiger partial charge in [-0.3, -0.25) is 4.79 Å². The normalized spacial score (nSPS) is 15.2. The van der Waals surface area contributed by atoms with E-state index in [0.29, 0.717) is 5.56 Å². The molecule has 0 spiro atoms. The number of amides is 1. The van der Waals surface area contributed by atoms with Crippen molar-refractivity contribution in [2.24, 2.45) is 0 Å². The van der Waals surface area contributed by atoms with Gasteiger partial charge in [-0.25, -0.2) is 9.68 Å². The molecule has 0 bridgehead atoms. The van der Waals surface area contributed by atoms with Crippen molar-refractivity contribution in [3.8, 4) is 0 Å². The number of hydrogen-bond donors (Lipinski definition) is 0. The molecule has 0 aromatic heterocycles. The van der Waals surface area contributed by atoms with Crippen LogP contribution in [-0.4, -0.2) is 11.1 Å². The summed E-state index contributed by atoms with van der Waals surface area (Å²) in [5, 5.41) is 0.910. The molecule has 2 aromatic rings. The zero-order valence-electron chi connectivity index (χ0n) is 9.52. The van der Waals surface area contributed by atoms with Crippen LogP contribution in [0.1, 0.15) is 22.2 Å². The van der Waals surface area contributed by atoms with E-state index >= 15 is 0 Å². The van der Waals surface area contributed by atoms with Gasteiger partial charge in [-0.15, -0.1) is 0 Å². The lowest BCUT2D eigenvalue weighted by atomic mass is 10.2. The molecule has 1 saturated heterocycles. The highest BCUT2D eigenvalue weighted by atomic mass is 17.1. The van der Waals surface area contributed by atoms with E-state index in [1.807, 2.05) is 36.4 Å². The van der Waals surface area contributed by atoms with Gasteiger partial charge in [-0.2, -0.15) is 0 Å². The summed E-state index contributed by atoms with van der Waals surface area (Å²) in [6.07, 6.45) is -0.501. The van der Waals surface area contributed by atoms with E-state index in [1.54, 1.807) is 24.3 Å². The minimum absolute atomic E-state index is 0.303. The van der Waals surface area contributed by atoms with Crippen LogP contribution in [-0.2, 0) is 9.68 Å². The van der Waals surface area contributed by atoms with Crippen LogP contribution in [0.15, 0.2) is 60.7 Å². The molecule has 0 unspecified atom stereocenters. The lowest BCUT2D eigenvalue weighted by Crippen LogP contribution is -2.44. The molecule has 1 aliphatic heterocycles. The molecule has 0 saturated carbocycles. The van der Waals surface area contributed by atoms with E-state index in [1.165, 1.54) is 0 Å². The van der Waals surface area contributed by atoms with Gasteiger partial charge < -0.3 is 0 Å². The third-order valence-corrected chi connectivity index (χ3v) is 2.64. The summed E-state index contributed by atoms with van der Waals surface area (Å²) >= 11 is 0. The van der Waals surface area contributed by atoms with Crippen molar-refractivity contribution < 1.29 is 14.5 Å². The van der Waals surface area contributed by atoms with Gasteiger partial charge in [-0.05, 0) is 12.1 Å². The van der Waals surface area contributed by atoms with Crippen LogP contribution < -0.4 is 0 Å². The maximum atomic E-state index is 11.9. The minimum atomic E-state index is -0.501. The molecule has 0 atom stereocenters. The van der Waals surface area contributed by atoms with Crippen LogP contribution in [0.3, 0.4) is 0 Å². The molecule has 0 N–H and O–H groups in total. The van der Waals surface area contributed by atoms with Crippen LogP contribution >= 0.6 is 0 Å². The molecule has 0 radical (unpaired) electrons. The molecular formula is C14H11NO3. The molecule has 3 rings (SSSR count). The second-order valence-electron chi connectivity index (χ2n) is 3.88. The fourth-order valence-electron chi connectivity index (χ4n) is 1.70. The molecule has 1 aliphatic rings. The Labute approximate surface area is 104 Å². The van der Waals surface area contributed by atoms with Gasteiger partial charge in [0, 0.05) is 11.1 Å². The Morgan fingerprint density at radius 1 is 0.889 bits per heavy atom. The Kier molecular flexibility index (Phi) is 2.80. The van der Waals surface area contributed by atoms with Crippen molar-refractivity contribution in [2.75, 3.05) is 0 Å². The van der Waals surface area contributed by atoms with Crippen molar-refractivity contribution in [2.45, 2.75) is 6.29 Å². The van der Waals surface area contributed by atoms with Crippen LogP contribution in [0.4, 0.5) is 0 Å². The summed E-state index contributed by atoms with van der Waals surface area (Å²) in [7, 11) is 0. The second-order valence-corrected chi connectivity index (χ2v) is 3.88. The Balaban J connectivity index is 1.65. The summed E-state index contributed by atoms with van der Waals surface area (Å²) in [4.78, 5) is 22.5. The third-order valence-electron chi connectivity index (χ3n) is 2.64. The standard InChI is InChI=1S/C14H11NO3/c16-13(11-7-3-1-4-8-11)15-17-14(18-15)12-9-5-2-6-10-12/h1-10,14H. The fourth-order valence-corrected chi connectivity index (χ4v) is 1.70. The molecule has 4 heteroatoms. The highest BCUT2D eigenvalue weighted by molar-refractivity contribution is 5.92. The maximum Gasteiger partial charge on any atom is 0.304 e. The van der Waals surface area contributed by atoms with Gasteiger partial charge in [0.25, 0.3) is 0 Å². The number of rotatable bonds is 2. The van der Waals surface area contributed by atoms with Crippen LogP contribution in [0, 0.1) is 0 Å². The maximum absolute atomic E-state index is 11.9. The van der Waals surface area contributed by atoms with E-state index in [9.17, 15) is 4.79 Å². The van der Waals surface area contributed by atoms with E-state index < -0.39 is 6.29 Å². The predicted octanol–water partition coefficient (Wildman–Crippen LogP) is 2.70. The predicted molar refractivity (Wildman–Crippen MR) is 64.0 cm³/mol. The Morgan fingerprint density at radius 3 is 2.06 bits per heavy atom. The van der Waals surface area contributed by atoms with Crippen molar-refractivity contribution in [1.29, 1.82) is 0 Å². The molecule has 1 heterocycles. The number of hydrogen-bond acceptors (Lipinski definition) is 3. The van der Waals surface area contributed by atoms with Gasteiger partial charge in [0.1, 0.15) is 0 Å². The lowest BCUT2D eigenvalue weighted by Gasteiger charge is -2.36. The van der Waals surface area contributed by atoms with Crippen molar-refractivity contribution >= 4 is 5.91 Å². The number of carbonyl (C=O) groups excluding carboxylic acids is 1. The third kappa shape index (κ3) is 1.99. The molecule has 0 aliphatic carbocycles. The molecule has 1 fully saturated rings. The second kappa shape index (κ2) is 4.60. The lowest BCUT2D eigenvalue weighted by molar-refractivity contribution is -0.540. The monoisotopic (exact) mass is 241 g/mol. The van der Waals surface area contributed by atoms with E-state index in [-0.39, 0.29) is 5.91 Å². The molecule has 90 valence electrons. The quantitative estimate of drug-likeness (QED) is 0.811. The van der Waals surface area contributed by atoms with Crippen LogP contribution in [0.25, 0.3) is 0 Å². The van der Waals surface area contributed by atoms with Gasteiger partial charge in [0.15, 0.2) is 0 Å². The van der Waals surface area contributed by atoms with Gasteiger partial charge in [-0.1, -0.05) is 53.8 Å². The average Bonchev–Trinajstić information content (AvgIpc) is 2.39. The van der Waals surface area contributed by atoms with E-state index in [0.717, 1.165) is 10.8 Å². The fraction of sp³-hybridized carbons (Fsp3) is 0.0714. The first-order valence-corrected chi connectivity index (χ1v) is 5.62. The smallest absolute Gasteiger partial charge is 0.264 e. The topological polar surface area (TPSA) is 38.8 Å².